The second kappa shape index (κ2) is 4.13. The number of para-hydroxylation sites is 1. The number of rotatable bonds is 0. The van der Waals surface area contributed by atoms with E-state index in [0.717, 1.165) is 11.0 Å². The van der Waals surface area contributed by atoms with Crippen molar-refractivity contribution < 1.29 is 0 Å². The van der Waals surface area contributed by atoms with E-state index in [9.17, 15) is 0 Å². The molecule has 0 spiro atoms. The van der Waals surface area contributed by atoms with Crippen LogP contribution in [0.4, 0.5) is 5.69 Å². The molecule has 0 amide bonds. The molecule has 4 nitrogen and oxygen atoms in total. The van der Waals surface area contributed by atoms with E-state index in [-0.39, 0.29) is 24.8 Å². The maximum Gasteiger partial charge on any atom is 0.135 e. The highest BCUT2D eigenvalue weighted by Gasteiger charge is 1.98. The quantitative estimate of drug-likeness (QED) is 0.641. The molecule has 0 atom stereocenters. The number of hydrogen-bond acceptors (Lipinski definition) is 3. The lowest BCUT2D eigenvalue weighted by Gasteiger charge is -1.88. The number of nitrogens with one attached hydrogen (secondary N) is 1. The number of fused-ring (bicyclic) bond motifs is 1. The number of anilines is 1. The smallest absolute Gasteiger partial charge is 0.135 e. The summed E-state index contributed by atoms with van der Waals surface area (Å²) >= 11 is 0. The zero-order chi connectivity index (χ0) is 6.97. The molecule has 0 aliphatic carbocycles. The zero-order valence-corrected chi connectivity index (χ0v) is 7.65. The number of nitrogen functional groups attached to an aromatic ring is 1. The average Bonchev–Trinajstić information content (AvgIpc) is 2.36. The van der Waals surface area contributed by atoms with Crippen LogP contribution in [0.25, 0.3) is 11.0 Å². The molecule has 12 heavy (non-hydrogen) atoms. The topological polar surface area (TPSA) is 67.6 Å². The molecule has 0 aliphatic heterocycles. The van der Waals surface area contributed by atoms with Gasteiger partial charge in [-0.25, -0.2) is 0 Å². The number of aromatic nitrogens is 3. The molecule has 3 N–H and O–H groups in total. The van der Waals surface area contributed by atoms with Crippen molar-refractivity contribution in [2.75, 3.05) is 5.73 Å². The predicted octanol–water partition coefficient (Wildman–Crippen LogP) is 1.38. The van der Waals surface area contributed by atoms with Crippen molar-refractivity contribution in [1.82, 2.24) is 15.4 Å². The summed E-state index contributed by atoms with van der Waals surface area (Å²) in [6.07, 6.45) is 0. The first-order chi connectivity index (χ1) is 4.88. The second-order valence-corrected chi connectivity index (χ2v) is 2.04. The Morgan fingerprint density at radius 2 is 1.92 bits per heavy atom. The van der Waals surface area contributed by atoms with Gasteiger partial charge in [-0.2, -0.15) is 15.4 Å². The van der Waals surface area contributed by atoms with E-state index in [0.29, 0.717) is 5.69 Å². The van der Waals surface area contributed by atoms with Gasteiger partial charge in [0.1, 0.15) is 11.0 Å². The molecule has 66 valence electrons. The standard InChI is InChI=1S/C6H6N4.2ClH/c7-4-2-1-3-5-6(4)9-10-8-5;;/h1-3H,7H2,(H,8,9,10);2*1H. The van der Waals surface area contributed by atoms with E-state index in [1.165, 1.54) is 0 Å². The van der Waals surface area contributed by atoms with Crippen LogP contribution in [0.3, 0.4) is 0 Å². The minimum absolute atomic E-state index is 0. The molecule has 0 fully saturated rings. The Balaban J connectivity index is 0.000000605. The van der Waals surface area contributed by atoms with Crippen molar-refractivity contribution in [2.45, 2.75) is 0 Å². The first-order valence-electron chi connectivity index (χ1n) is 2.93. The van der Waals surface area contributed by atoms with Gasteiger partial charge >= 0.3 is 0 Å². The number of benzene rings is 1. The van der Waals surface area contributed by atoms with Crippen LogP contribution in [0.2, 0.25) is 0 Å². The third kappa shape index (κ3) is 1.60. The van der Waals surface area contributed by atoms with Crippen LogP contribution in [0.1, 0.15) is 0 Å². The Labute approximate surface area is 81.3 Å². The number of aromatic amines is 1. The summed E-state index contributed by atoms with van der Waals surface area (Å²) in [6.45, 7) is 0. The fourth-order valence-electron chi connectivity index (χ4n) is 0.890. The van der Waals surface area contributed by atoms with E-state index in [4.69, 9.17) is 5.73 Å². The molecule has 1 aromatic heterocycles. The summed E-state index contributed by atoms with van der Waals surface area (Å²) in [6, 6.07) is 5.50. The summed E-state index contributed by atoms with van der Waals surface area (Å²) < 4.78 is 0. The predicted molar refractivity (Wildman–Crippen MR) is 52.8 cm³/mol. The van der Waals surface area contributed by atoms with E-state index >= 15 is 0 Å². The average molecular weight is 207 g/mol. The van der Waals surface area contributed by atoms with Gasteiger partial charge in [0.25, 0.3) is 0 Å². The minimum atomic E-state index is 0. The monoisotopic (exact) mass is 206 g/mol. The van der Waals surface area contributed by atoms with Gasteiger partial charge in [-0.15, -0.1) is 24.8 Å². The molecule has 0 radical (unpaired) electrons. The van der Waals surface area contributed by atoms with Gasteiger partial charge < -0.3 is 5.73 Å². The SMILES string of the molecule is Cl.Cl.Nc1cccc2n[nH]nc12. The van der Waals surface area contributed by atoms with Gasteiger partial charge in [0.15, 0.2) is 0 Å². The lowest BCUT2D eigenvalue weighted by molar-refractivity contribution is 0.960. The largest absolute Gasteiger partial charge is 0.397 e. The van der Waals surface area contributed by atoms with Crippen molar-refractivity contribution >= 4 is 41.5 Å². The van der Waals surface area contributed by atoms with E-state index in [2.05, 4.69) is 15.4 Å². The van der Waals surface area contributed by atoms with Crippen molar-refractivity contribution in [3.05, 3.63) is 18.2 Å². The van der Waals surface area contributed by atoms with E-state index in [1.54, 1.807) is 6.07 Å². The third-order valence-corrected chi connectivity index (χ3v) is 1.38. The number of H-pyrrole nitrogens is 1. The minimum Gasteiger partial charge on any atom is -0.397 e. The first-order valence-corrected chi connectivity index (χ1v) is 2.93. The van der Waals surface area contributed by atoms with Crippen molar-refractivity contribution in [2.24, 2.45) is 0 Å². The van der Waals surface area contributed by atoms with E-state index < -0.39 is 0 Å². The molecule has 0 saturated heterocycles. The van der Waals surface area contributed by atoms with Gasteiger partial charge in [0.2, 0.25) is 0 Å². The number of nitrogens with two attached hydrogens (primary N) is 1. The Hall–Kier alpha value is -1.00. The summed E-state index contributed by atoms with van der Waals surface area (Å²) in [7, 11) is 0. The van der Waals surface area contributed by atoms with Gasteiger partial charge in [-0.1, -0.05) is 6.07 Å². The molecule has 6 heteroatoms. The summed E-state index contributed by atoms with van der Waals surface area (Å²) in [5.41, 5.74) is 7.78. The highest BCUT2D eigenvalue weighted by molar-refractivity contribution is 5.86. The highest BCUT2D eigenvalue weighted by atomic mass is 35.5. The van der Waals surface area contributed by atoms with Crippen molar-refractivity contribution in [3.8, 4) is 0 Å². The molecule has 0 saturated carbocycles. The van der Waals surface area contributed by atoms with Gasteiger partial charge in [0.05, 0.1) is 5.69 Å². The van der Waals surface area contributed by atoms with Crippen LogP contribution in [0.5, 0.6) is 0 Å². The number of hydrogen-bond donors (Lipinski definition) is 2. The van der Waals surface area contributed by atoms with Crippen LogP contribution < -0.4 is 5.73 Å². The fraction of sp³-hybridized carbons (Fsp3) is 0. The zero-order valence-electron chi connectivity index (χ0n) is 6.02. The Bertz CT molecular complexity index is 359. The van der Waals surface area contributed by atoms with E-state index in [1.807, 2.05) is 12.1 Å². The molecule has 1 aromatic carbocycles. The summed E-state index contributed by atoms with van der Waals surface area (Å²) in [5.74, 6) is 0. The first kappa shape index (κ1) is 11.0. The fourth-order valence-corrected chi connectivity index (χ4v) is 0.890. The Morgan fingerprint density at radius 1 is 1.17 bits per heavy atom. The summed E-state index contributed by atoms with van der Waals surface area (Å²) in [5, 5.41) is 10.2. The van der Waals surface area contributed by atoms with Gasteiger partial charge in [-0.05, 0) is 12.1 Å². The maximum absolute atomic E-state index is 5.58. The number of nitrogens with zero attached hydrogens (tertiary/aromatic N) is 2. The summed E-state index contributed by atoms with van der Waals surface area (Å²) in [4.78, 5) is 0. The molecule has 0 bridgehead atoms. The Morgan fingerprint density at radius 3 is 2.58 bits per heavy atom. The third-order valence-electron chi connectivity index (χ3n) is 1.38. The van der Waals surface area contributed by atoms with Crippen molar-refractivity contribution in [3.63, 3.8) is 0 Å². The van der Waals surface area contributed by atoms with Gasteiger partial charge in [-0.3, -0.25) is 0 Å². The molecule has 2 aromatic rings. The van der Waals surface area contributed by atoms with Gasteiger partial charge in [0, 0.05) is 0 Å². The molecular weight excluding hydrogens is 199 g/mol. The lowest BCUT2D eigenvalue weighted by atomic mass is 10.3. The van der Waals surface area contributed by atoms with Crippen LogP contribution in [0.15, 0.2) is 18.2 Å². The van der Waals surface area contributed by atoms with Crippen LogP contribution >= 0.6 is 24.8 Å². The highest BCUT2D eigenvalue weighted by Crippen LogP contribution is 2.13. The van der Waals surface area contributed by atoms with Crippen LogP contribution in [-0.4, -0.2) is 15.4 Å². The molecule has 1 heterocycles. The number of halogens is 2. The molecule has 0 unspecified atom stereocenters. The van der Waals surface area contributed by atoms with Crippen LogP contribution in [-0.2, 0) is 0 Å². The maximum atomic E-state index is 5.58. The van der Waals surface area contributed by atoms with Crippen LogP contribution in [0, 0.1) is 0 Å². The normalized spacial score (nSPS) is 8.67. The Kier molecular flexibility index (Phi) is 3.79. The molecule has 2 rings (SSSR count). The molecular formula is C6H8Cl2N4. The second-order valence-electron chi connectivity index (χ2n) is 2.04. The van der Waals surface area contributed by atoms with Crippen molar-refractivity contribution in [1.29, 1.82) is 0 Å². The molecule has 0 aliphatic rings. The lowest BCUT2D eigenvalue weighted by Crippen LogP contribution is -1.84.